The second-order valence-corrected chi connectivity index (χ2v) is 3.06. The van der Waals surface area contributed by atoms with E-state index in [9.17, 15) is 4.79 Å². The summed E-state index contributed by atoms with van der Waals surface area (Å²) in [6.45, 7) is 4.45. The molecule has 0 aromatic carbocycles. The molecule has 1 amide bonds. The topological polar surface area (TPSA) is 20.3 Å². The minimum atomic E-state index is 0.0740. The highest BCUT2D eigenvalue weighted by atomic mass is 16.2. The summed E-state index contributed by atoms with van der Waals surface area (Å²) in [7, 11) is 0. The van der Waals surface area contributed by atoms with Crippen LogP contribution in [0.5, 0.6) is 0 Å². The maximum atomic E-state index is 11.4. The molecule has 0 radical (unpaired) electrons. The van der Waals surface area contributed by atoms with Gasteiger partial charge in [-0.1, -0.05) is 18.2 Å². The summed E-state index contributed by atoms with van der Waals surface area (Å²) in [5.41, 5.74) is 0. The van der Waals surface area contributed by atoms with Gasteiger partial charge in [-0.15, -0.1) is 6.58 Å². The van der Waals surface area contributed by atoms with Crippen LogP contribution in [-0.4, -0.2) is 23.4 Å². The minimum absolute atomic E-state index is 0.0740. The van der Waals surface area contributed by atoms with Crippen LogP contribution in [0.4, 0.5) is 0 Å². The average molecular weight is 149 g/mol. The minimum Gasteiger partial charge on any atom is -0.332 e. The number of hydrogen-bond acceptors (Lipinski definition) is 1. The van der Waals surface area contributed by atoms with E-state index in [2.05, 4.69) is 18.7 Å². The van der Waals surface area contributed by atoms with Gasteiger partial charge in [-0.25, -0.2) is 0 Å². The highest BCUT2D eigenvalue weighted by molar-refractivity contribution is 5.84. The van der Waals surface area contributed by atoms with Gasteiger partial charge in [0.1, 0.15) is 0 Å². The van der Waals surface area contributed by atoms with Gasteiger partial charge < -0.3 is 4.90 Å². The first-order valence-electron chi connectivity index (χ1n) is 3.92. The van der Waals surface area contributed by atoms with Gasteiger partial charge in [0.05, 0.1) is 12.0 Å². The van der Waals surface area contributed by atoms with Crippen molar-refractivity contribution in [1.29, 1.82) is 0 Å². The van der Waals surface area contributed by atoms with Crippen LogP contribution in [-0.2, 0) is 4.79 Å². The van der Waals surface area contributed by atoms with Crippen LogP contribution in [0.2, 0.25) is 0 Å². The number of hydrogen-bond donors (Lipinski definition) is 0. The quantitative estimate of drug-likeness (QED) is 0.508. The second kappa shape index (κ2) is 2.22. The lowest BCUT2D eigenvalue weighted by molar-refractivity contribution is -0.129. The number of carbonyl (C=O) groups excluding carboxylic acids is 1. The SMILES string of the molecule is C=CC1CC2C=CCN2C1=O. The Bertz CT molecular complexity index is 232. The van der Waals surface area contributed by atoms with Crippen molar-refractivity contribution >= 4 is 5.91 Å². The summed E-state index contributed by atoms with van der Waals surface area (Å²) in [5, 5.41) is 0. The molecule has 1 saturated heterocycles. The molecular weight excluding hydrogens is 138 g/mol. The molecule has 0 saturated carbocycles. The smallest absolute Gasteiger partial charge is 0.230 e. The standard InChI is InChI=1S/C9H11NO/c1-2-7-6-8-4-3-5-10(8)9(7)11/h2-4,7-8H,1,5-6H2. The fourth-order valence-corrected chi connectivity index (χ4v) is 1.80. The van der Waals surface area contributed by atoms with Gasteiger partial charge in [0, 0.05) is 6.54 Å². The van der Waals surface area contributed by atoms with E-state index in [0.717, 1.165) is 13.0 Å². The Balaban J connectivity index is 2.21. The molecule has 0 spiro atoms. The van der Waals surface area contributed by atoms with Crippen LogP contribution in [0.25, 0.3) is 0 Å². The van der Waals surface area contributed by atoms with Crippen molar-refractivity contribution in [3.8, 4) is 0 Å². The maximum Gasteiger partial charge on any atom is 0.230 e. The molecule has 2 rings (SSSR count). The van der Waals surface area contributed by atoms with Crippen molar-refractivity contribution in [3.05, 3.63) is 24.8 Å². The number of amides is 1. The lowest BCUT2D eigenvalue weighted by Gasteiger charge is -2.13. The van der Waals surface area contributed by atoms with E-state index in [4.69, 9.17) is 0 Å². The van der Waals surface area contributed by atoms with Crippen molar-refractivity contribution in [3.63, 3.8) is 0 Å². The Morgan fingerprint density at radius 2 is 2.55 bits per heavy atom. The molecule has 0 N–H and O–H groups in total. The van der Waals surface area contributed by atoms with Crippen molar-refractivity contribution in [2.24, 2.45) is 5.92 Å². The third-order valence-electron chi connectivity index (χ3n) is 2.44. The fourth-order valence-electron chi connectivity index (χ4n) is 1.80. The normalized spacial score (nSPS) is 34.5. The highest BCUT2D eigenvalue weighted by Crippen LogP contribution is 2.28. The van der Waals surface area contributed by atoms with Crippen LogP contribution in [0, 0.1) is 5.92 Å². The first-order chi connectivity index (χ1) is 5.33. The summed E-state index contributed by atoms with van der Waals surface area (Å²) in [6.07, 6.45) is 6.86. The van der Waals surface area contributed by atoms with Gasteiger partial charge in [-0.2, -0.15) is 0 Å². The molecule has 0 aliphatic carbocycles. The van der Waals surface area contributed by atoms with Gasteiger partial charge >= 0.3 is 0 Å². The van der Waals surface area contributed by atoms with Crippen molar-refractivity contribution < 1.29 is 4.79 Å². The zero-order valence-electron chi connectivity index (χ0n) is 6.36. The van der Waals surface area contributed by atoms with Crippen LogP contribution in [0.15, 0.2) is 24.8 Å². The Hall–Kier alpha value is -1.05. The van der Waals surface area contributed by atoms with E-state index >= 15 is 0 Å². The monoisotopic (exact) mass is 149 g/mol. The predicted molar refractivity (Wildman–Crippen MR) is 42.9 cm³/mol. The van der Waals surface area contributed by atoms with E-state index < -0.39 is 0 Å². The third-order valence-corrected chi connectivity index (χ3v) is 2.44. The summed E-state index contributed by atoms with van der Waals surface area (Å²) < 4.78 is 0. The molecule has 2 aliphatic heterocycles. The lowest BCUT2D eigenvalue weighted by Crippen LogP contribution is -2.28. The lowest BCUT2D eigenvalue weighted by atomic mass is 10.1. The Morgan fingerprint density at radius 1 is 1.73 bits per heavy atom. The van der Waals surface area contributed by atoms with E-state index in [-0.39, 0.29) is 11.8 Å². The maximum absolute atomic E-state index is 11.4. The van der Waals surface area contributed by atoms with Gasteiger partial charge in [-0.05, 0) is 6.42 Å². The van der Waals surface area contributed by atoms with Gasteiger partial charge in [-0.3, -0.25) is 4.79 Å². The molecule has 0 aromatic heterocycles. The predicted octanol–water partition coefficient (Wildman–Crippen LogP) is 0.959. The average Bonchev–Trinajstić information content (AvgIpc) is 2.53. The summed E-state index contributed by atoms with van der Waals surface area (Å²) in [6, 6.07) is 0.366. The second-order valence-electron chi connectivity index (χ2n) is 3.06. The van der Waals surface area contributed by atoms with Crippen LogP contribution in [0.3, 0.4) is 0 Å². The Labute approximate surface area is 66.2 Å². The molecule has 0 bridgehead atoms. The zero-order chi connectivity index (χ0) is 7.84. The van der Waals surface area contributed by atoms with Crippen LogP contribution < -0.4 is 0 Å². The summed E-state index contributed by atoms with van der Waals surface area (Å²) in [5.74, 6) is 0.319. The molecule has 2 nitrogen and oxygen atoms in total. The van der Waals surface area contributed by atoms with Gasteiger partial charge in [0.25, 0.3) is 0 Å². The van der Waals surface area contributed by atoms with E-state index in [1.807, 2.05) is 4.90 Å². The van der Waals surface area contributed by atoms with E-state index in [1.165, 1.54) is 0 Å². The van der Waals surface area contributed by atoms with Gasteiger partial charge in [0.15, 0.2) is 0 Å². The number of rotatable bonds is 1. The molecule has 2 heteroatoms. The largest absolute Gasteiger partial charge is 0.332 e. The van der Waals surface area contributed by atoms with Crippen molar-refractivity contribution in [2.75, 3.05) is 6.54 Å². The van der Waals surface area contributed by atoms with E-state index in [1.54, 1.807) is 6.08 Å². The molecule has 2 aliphatic rings. The Morgan fingerprint density at radius 3 is 3.18 bits per heavy atom. The molecule has 2 heterocycles. The number of fused-ring (bicyclic) bond motifs is 1. The number of carbonyl (C=O) groups is 1. The Kier molecular flexibility index (Phi) is 1.34. The van der Waals surface area contributed by atoms with Crippen LogP contribution >= 0.6 is 0 Å². The number of nitrogens with zero attached hydrogens (tertiary/aromatic N) is 1. The molecule has 0 aromatic rings. The molecule has 2 unspecified atom stereocenters. The fraction of sp³-hybridized carbons (Fsp3) is 0.444. The van der Waals surface area contributed by atoms with Crippen molar-refractivity contribution in [2.45, 2.75) is 12.5 Å². The van der Waals surface area contributed by atoms with Crippen molar-refractivity contribution in [1.82, 2.24) is 4.90 Å². The van der Waals surface area contributed by atoms with Gasteiger partial charge in [0.2, 0.25) is 5.91 Å². The third kappa shape index (κ3) is 0.821. The first-order valence-corrected chi connectivity index (χ1v) is 3.92. The first kappa shape index (κ1) is 6.65. The van der Waals surface area contributed by atoms with E-state index in [0.29, 0.717) is 6.04 Å². The highest BCUT2D eigenvalue weighted by Gasteiger charge is 2.37. The summed E-state index contributed by atoms with van der Waals surface area (Å²) in [4.78, 5) is 13.3. The summed E-state index contributed by atoms with van der Waals surface area (Å²) >= 11 is 0. The van der Waals surface area contributed by atoms with Crippen LogP contribution in [0.1, 0.15) is 6.42 Å². The molecule has 11 heavy (non-hydrogen) atoms. The molecule has 2 atom stereocenters. The molecule has 58 valence electrons. The molecule has 1 fully saturated rings. The molecular formula is C9H11NO. The zero-order valence-corrected chi connectivity index (χ0v) is 6.36.